The van der Waals surface area contributed by atoms with Crippen LogP contribution in [0.4, 0.5) is 0 Å². The van der Waals surface area contributed by atoms with Gasteiger partial charge in [-0.15, -0.1) is 0 Å². The van der Waals surface area contributed by atoms with Crippen molar-refractivity contribution in [3.05, 3.63) is 108 Å². The zero-order valence-corrected chi connectivity index (χ0v) is 15.5. The fourth-order valence-electron chi connectivity index (χ4n) is 2.62. The molecule has 0 N–H and O–H groups in total. The van der Waals surface area contributed by atoms with Crippen molar-refractivity contribution >= 4 is 12.2 Å². The Morgan fingerprint density at radius 1 is 0.667 bits per heavy atom. The lowest BCUT2D eigenvalue weighted by molar-refractivity contribution is 0.306. The first-order chi connectivity index (χ1) is 13.3. The molecule has 0 aliphatic carbocycles. The van der Waals surface area contributed by atoms with Crippen LogP contribution in [-0.2, 0) is 6.61 Å². The molecule has 3 aromatic rings. The molecule has 0 spiro atoms. The van der Waals surface area contributed by atoms with Gasteiger partial charge in [0.15, 0.2) is 0 Å². The van der Waals surface area contributed by atoms with Crippen LogP contribution in [-0.4, -0.2) is 7.11 Å². The first-order valence-electron chi connectivity index (χ1n) is 9.07. The van der Waals surface area contributed by atoms with Crippen molar-refractivity contribution in [3.63, 3.8) is 0 Å². The monoisotopic (exact) mass is 356 g/mol. The molecular weight excluding hydrogens is 332 g/mol. The van der Waals surface area contributed by atoms with Gasteiger partial charge in [0.1, 0.15) is 18.1 Å². The molecule has 27 heavy (non-hydrogen) atoms. The third kappa shape index (κ3) is 6.19. The van der Waals surface area contributed by atoms with Gasteiger partial charge in [-0.25, -0.2) is 0 Å². The number of methoxy groups -OCH3 is 1. The minimum absolute atomic E-state index is 0.589. The van der Waals surface area contributed by atoms with E-state index in [9.17, 15) is 0 Å². The second-order valence-electron chi connectivity index (χ2n) is 6.16. The standard InChI is InChI=1S/C25H24O2/c1-26-24-16-12-21(13-17-24)8-4-2-5-9-22-14-18-25(19-15-22)27-20-23-10-6-3-7-11-23/h3-19H,2,20H2,1H3. The van der Waals surface area contributed by atoms with E-state index >= 15 is 0 Å². The first-order valence-corrected chi connectivity index (χ1v) is 9.07. The van der Waals surface area contributed by atoms with Gasteiger partial charge < -0.3 is 9.47 Å². The van der Waals surface area contributed by atoms with Gasteiger partial charge in [0.2, 0.25) is 0 Å². The maximum Gasteiger partial charge on any atom is 0.119 e. The van der Waals surface area contributed by atoms with Crippen LogP contribution in [0.3, 0.4) is 0 Å². The molecule has 3 aromatic carbocycles. The predicted octanol–water partition coefficient (Wildman–Crippen LogP) is 6.39. The van der Waals surface area contributed by atoms with Crippen molar-refractivity contribution in [2.75, 3.05) is 7.11 Å². The Bertz CT molecular complexity index is 860. The van der Waals surface area contributed by atoms with Crippen LogP contribution >= 0.6 is 0 Å². The lowest BCUT2D eigenvalue weighted by atomic mass is 10.1. The SMILES string of the molecule is COc1ccc(C=CCC=Cc2ccc(OCc3ccccc3)cc2)cc1. The molecule has 0 amide bonds. The van der Waals surface area contributed by atoms with Crippen molar-refractivity contribution < 1.29 is 9.47 Å². The molecule has 0 fully saturated rings. The van der Waals surface area contributed by atoms with E-state index in [0.717, 1.165) is 17.9 Å². The van der Waals surface area contributed by atoms with Crippen molar-refractivity contribution in [2.45, 2.75) is 13.0 Å². The van der Waals surface area contributed by atoms with E-state index in [1.54, 1.807) is 7.11 Å². The summed E-state index contributed by atoms with van der Waals surface area (Å²) < 4.78 is 11.0. The minimum Gasteiger partial charge on any atom is -0.497 e. The zero-order valence-electron chi connectivity index (χ0n) is 15.5. The molecule has 0 bridgehead atoms. The van der Waals surface area contributed by atoms with Crippen molar-refractivity contribution in [2.24, 2.45) is 0 Å². The van der Waals surface area contributed by atoms with Crippen LogP contribution < -0.4 is 9.47 Å². The third-order valence-electron chi connectivity index (χ3n) is 4.14. The highest BCUT2D eigenvalue weighted by Gasteiger charge is 1.95. The van der Waals surface area contributed by atoms with Crippen LogP contribution in [0.5, 0.6) is 11.5 Å². The van der Waals surface area contributed by atoms with Gasteiger partial charge in [0.05, 0.1) is 7.11 Å². The molecule has 136 valence electrons. The van der Waals surface area contributed by atoms with Crippen molar-refractivity contribution in [3.8, 4) is 11.5 Å². The summed E-state index contributed by atoms with van der Waals surface area (Å²) in [7, 11) is 1.68. The van der Waals surface area contributed by atoms with E-state index in [1.165, 1.54) is 16.7 Å². The number of allylic oxidation sites excluding steroid dienone is 2. The van der Waals surface area contributed by atoms with E-state index in [0.29, 0.717) is 6.61 Å². The largest absolute Gasteiger partial charge is 0.497 e. The summed E-state index contributed by atoms with van der Waals surface area (Å²) in [6.45, 7) is 0.589. The van der Waals surface area contributed by atoms with Gasteiger partial charge >= 0.3 is 0 Å². The molecular formula is C25H24O2. The molecule has 2 nitrogen and oxygen atoms in total. The van der Waals surface area contributed by atoms with Crippen molar-refractivity contribution in [1.29, 1.82) is 0 Å². The Kier molecular flexibility index (Phi) is 6.88. The minimum atomic E-state index is 0.589. The molecule has 3 rings (SSSR count). The van der Waals surface area contributed by atoms with Gasteiger partial charge in [0, 0.05) is 0 Å². The van der Waals surface area contributed by atoms with Gasteiger partial charge in [0.25, 0.3) is 0 Å². The van der Waals surface area contributed by atoms with Gasteiger partial charge in [-0.3, -0.25) is 0 Å². The number of ether oxygens (including phenoxy) is 2. The summed E-state index contributed by atoms with van der Waals surface area (Å²) in [4.78, 5) is 0. The molecule has 0 aromatic heterocycles. The van der Waals surface area contributed by atoms with Crippen LogP contribution in [0.25, 0.3) is 12.2 Å². The fraction of sp³-hybridized carbons (Fsp3) is 0.120. The summed E-state index contributed by atoms with van der Waals surface area (Å²) in [5.41, 5.74) is 3.51. The first kappa shape index (κ1) is 18.5. The molecule has 0 saturated heterocycles. The van der Waals surface area contributed by atoms with Crippen LogP contribution in [0.15, 0.2) is 91.0 Å². The summed E-state index contributed by atoms with van der Waals surface area (Å²) in [6.07, 6.45) is 9.43. The molecule has 0 saturated carbocycles. The average Bonchev–Trinajstić information content (AvgIpc) is 2.74. The average molecular weight is 356 g/mol. The van der Waals surface area contributed by atoms with Gasteiger partial charge in [-0.05, 0) is 47.4 Å². The number of rotatable bonds is 8. The topological polar surface area (TPSA) is 18.5 Å². The number of hydrogen-bond acceptors (Lipinski definition) is 2. The molecule has 2 heteroatoms. The van der Waals surface area contributed by atoms with E-state index in [1.807, 2.05) is 54.6 Å². The maximum absolute atomic E-state index is 5.81. The van der Waals surface area contributed by atoms with E-state index in [2.05, 4.69) is 48.6 Å². The van der Waals surface area contributed by atoms with E-state index in [-0.39, 0.29) is 0 Å². The highest BCUT2D eigenvalue weighted by molar-refractivity contribution is 5.53. The lowest BCUT2D eigenvalue weighted by Gasteiger charge is -2.06. The Hall–Kier alpha value is -3.26. The molecule has 0 aliphatic rings. The third-order valence-corrected chi connectivity index (χ3v) is 4.14. The van der Waals surface area contributed by atoms with E-state index < -0.39 is 0 Å². The normalized spacial score (nSPS) is 11.1. The predicted molar refractivity (Wildman–Crippen MR) is 113 cm³/mol. The van der Waals surface area contributed by atoms with Crippen LogP contribution in [0, 0.1) is 0 Å². The van der Waals surface area contributed by atoms with E-state index in [4.69, 9.17) is 9.47 Å². The fourth-order valence-corrected chi connectivity index (χ4v) is 2.62. The second kappa shape index (κ2) is 10.0. The van der Waals surface area contributed by atoms with Crippen LogP contribution in [0.2, 0.25) is 0 Å². The number of hydrogen-bond donors (Lipinski definition) is 0. The van der Waals surface area contributed by atoms with Crippen molar-refractivity contribution in [1.82, 2.24) is 0 Å². The summed E-state index contributed by atoms with van der Waals surface area (Å²) in [5.74, 6) is 1.76. The molecule has 0 unspecified atom stereocenters. The second-order valence-corrected chi connectivity index (χ2v) is 6.16. The van der Waals surface area contributed by atoms with Crippen LogP contribution in [0.1, 0.15) is 23.1 Å². The quantitative estimate of drug-likeness (QED) is 0.465. The summed E-state index contributed by atoms with van der Waals surface area (Å²) in [5, 5.41) is 0. The molecule has 0 atom stereocenters. The van der Waals surface area contributed by atoms with Gasteiger partial charge in [-0.2, -0.15) is 0 Å². The summed E-state index contributed by atoms with van der Waals surface area (Å²) in [6, 6.07) is 26.4. The summed E-state index contributed by atoms with van der Waals surface area (Å²) >= 11 is 0. The maximum atomic E-state index is 5.81. The molecule has 0 aliphatic heterocycles. The molecule has 0 heterocycles. The Balaban J connectivity index is 1.45. The molecule has 0 radical (unpaired) electrons. The smallest absolute Gasteiger partial charge is 0.119 e. The zero-order chi connectivity index (χ0) is 18.7. The Morgan fingerprint density at radius 3 is 1.78 bits per heavy atom. The van der Waals surface area contributed by atoms with Gasteiger partial charge in [-0.1, -0.05) is 78.9 Å². The Morgan fingerprint density at radius 2 is 1.22 bits per heavy atom. The highest BCUT2D eigenvalue weighted by Crippen LogP contribution is 2.16. The number of benzene rings is 3. The lowest BCUT2D eigenvalue weighted by Crippen LogP contribution is -1.94. The Labute approximate surface area is 161 Å². The highest BCUT2D eigenvalue weighted by atomic mass is 16.5.